The fourth-order valence-electron chi connectivity index (χ4n) is 2.33. The Morgan fingerprint density at radius 3 is 2.52 bits per heavy atom. The molecule has 0 amide bonds. The number of aliphatic imine (C=N–C) groups is 1. The maximum atomic E-state index is 5.93. The van der Waals surface area contributed by atoms with Gasteiger partial charge < -0.3 is 15.8 Å². The summed E-state index contributed by atoms with van der Waals surface area (Å²) in [5, 5.41) is 3.19. The van der Waals surface area contributed by atoms with Crippen LogP contribution in [0.25, 0.3) is 0 Å². The van der Waals surface area contributed by atoms with E-state index in [1.807, 2.05) is 12.1 Å². The molecule has 1 rings (SSSR count). The molecule has 1 atom stereocenters. The molecule has 0 fully saturated rings. The van der Waals surface area contributed by atoms with E-state index in [9.17, 15) is 0 Å². The summed E-state index contributed by atoms with van der Waals surface area (Å²) in [5.74, 6) is 2.10. The number of unbranched alkanes of at least 4 members (excludes halogenated alkanes) is 1. The van der Waals surface area contributed by atoms with E-state index in [1.54, 1.807) is 7.11 Å². The molecule has 4 nitrogen and oxygen atoms in total. The highest BCUT2D eigenvalue weighted by Gasteiger charge is 2.04. The number of guanidine groups is 1. The van der Waals surface area contributed by atoms with Gasteiger partial charge in [0.15, 0.2) is 5.96 Å². The molecular weight excluding hydrogens is 401 g/mol. The number of rotatable bonds is 10. The van der Waals surface area contributed by atoms with E-state index in [-0.39, 0.29) is 24.0 Å². The van der Waals surface area contributed by atoms with E-state index in [0.717, 1.165) is 25.3 Å². The molecule has 1 aromatic carbocycles. The maximum absolute atomic E-state index is 5.93. The summed E-state index contributed by atoms with van der Waals surface area (Å²) < 4.78 is 5.15. The summed E-state index contributed by atoms with van der Waals surface area (Å²) in [4.78, 5) is 4.47. The van der Waals surface area contributed by atoms with Gasteiger partial charge in [0.25, 0.3) is 0 Å². The Hall–Kier alpha value is -0.980. The Labute approximate surface area is 158 Å². The quantitative estimate of drug-likeness (QED) is 0.334. The molecule has 0 aliphatic heterocycles. The molecule has 3 N–H and O–H groups in total. The smallest absolute Gasteiger partial charge is 0.188 e. The second-order valence-corrected chi connectivity index (χ2v) is 5.67. The number of hydrogen-bond acceptors (Lipinski definition) is 2. The molecule has 23 heavy (non-hydrogen) atoms. The van der Waals surface area contributed by atoms with Gasteiger partial charge in [-0.05, 0) is 36.5 Å². The van der Waals surface area contributed by atoms with Gasteiger partial charge in [-0.15, -0.1) is 24.0 Å². The zero-order valence-corrected chi connectivity index (χ0v) is 17.0. The first kappa shape index (κ1) is 22.0. The predicted molar refractivity (Wildman–Crippen MR) is 110 cm³/mol. The lowest BCUT2D eigenvalue weighted by molar-refractivity contribution is 0.414. The van der Waals surface area contributed by atoms with Crippen molar-refractivity contribution in [3.8, 4) is 5.75 Å². The van der Waals surface area contributed by atoms with Crippen molar-refractivity contribution < 1.29 is 4.74 Å². The zero-order valence-electron chi connectivity index (χ0n) is 14.7. The molecule has 5 heteroatoms. The van der Waals surface area contributed by atoms with Crippen molar-refractivity contribution in [3.05, 3.63) is 29.8 Å². The molecule has 0 radical (unpaired) electrons. The molecule has 1 aromatic rings. The van der Waals surface area contributed by atoms with E-state index < -0.39 is 0 Å². The van der Waals surface area contributed by atoms with Gasteiger partial charge in [0.05, 0.1) is 7.11 Å². The Bertz CT molecular complexity index is 434. The number of hydrogen-bond donors (Lipinski definition) is 2. The Morgan fingerprint density at radius 1 is 1.26 bits per heavy atom. The maximum Gasteiger partial charge on any atom is 0.188 e. The third-order valence-electron chi connectivity index (χ3n) is 3.94. The highest BCUT2D eigenvalue weighted by atomic mass is 127. The number of ether oxygens (including phenoxy) is 1. The number of halogens is 1. The van der Waals surface area contributed by atoms with Crippen molar-refractivity contribution in [2.24, 2.45) is 16.6 Å². The summed E-state index contributed by atoms with van der Waals surface area (Å²) in [7, 11) is 1.68. The number of nitrogens with zero attached hydrogens (tertiary/aromatic N) is 1. The van der Waals surface area contributed by atoms with Crippen LogP contribution in [0.2, 0.25) is 0 Å². The van der Waals surface area contributed by atoms with Crippen molar-refractivity contribution in [1.82, 2.24) is 5.32 Å². The number of nitrogens with one attached hydrogen (secondary N) is 1. The van der Waals surface area contributed by atoms with Crippen molar-refractivity contribution in [1.29, 1.82) is 0 Å². The highest BCUT2D eigenvalue weighted by Crippen LogP contribution is 2.13. The van der Waals surface area contributed by atoms with Gasteiger partial charge >= 0.3 is 0 Å². The van der Waals surface area contributed by atoms with Gasteiger partial charge in [0.2, 0.25) is 0 Å². The third kappa shape index (κ3) is 9.69. The minimum Gasteiger partial charge on any atom is -0.497 e. The van der Waals surface area contributed by atoms with Crippen molar-refractivity contribution in [2.45, 2.75) is 46.0 Å². The summed E-state index contributed by atoms with van der Waals surface area (Å²) in [6.45, 7) is 6.08. The second-order valence-electron chi connectivity index (χ2n) is 5.67. The molecule has 0 aliphatic rings. The largest absolute Gasteiger partial charge is 0.497 e. The molecule has 0 bridgehead atoms. The summed E-state index contributed by atoms with van der Waals surface area (Å²) in [5.41, 5.74) is 7.19. The van der Waals surface area contributed by atoms with Crippen LogP contribution >= 0.6 is 24.0 Å². The van der Waals surface area contributed by atoms with Gasteiger partial charge in [-0.3, -0.25) is 4.99 Å². The van der Waals surface area contributed by atoms with Gasteiger partial charge in [0, 0.05) is 13.1 Å². The lowest BCUT2D eigenvalue weighted by Crippen LogP contribution is -2.33. The van der Waals surface area contributed by atoms with Crippen molar-refractivity contribution >= 4 is 29.9 Å². The number of benzene rings is 1. The molecule has 0 heterocycles. The molecule has 0 aromatic heterocycles. The van der Waals surface area contributed by atoms with E-state index in [0.29, 0.717) is 11.9 Å². The van der Waals surface area contributed by atoms with Crippen LogP contribution in [0.4, 0.5) is 0 Å². The van der Waals surface area contributed by atoms with Gasteiger partial charge in [-0.2, -0.15) is 0 Å². The minimum atomic E-state index is 0. The second kappa shape index (κ2) is 13.5. The lowest BCUT2D eigenvalue weighted by Gasteiger charge is -2.12. The molecule has 0 saturated heterocycles. The third-order valence-corrected chi connectivity index (χ3v) is 3.94. The van der Waals surface area contributed by atoms with Gasteiger partial charge in [-0.25, -0.2) is 0 Å². The summed E-state index contributed by atoms with van der Waals surface area (Å²) in [6.07, 6.45) is 5.86. The number of methoxy groups -OCH3 is 1. The SMILES string of the molecule is CCCCC(CC)CN=C(N)NCCc1ccc(OC)cc1.I. The molecular formula is C18H32IN3O. The van der Waals surface area contributed by atoms with Crippen LogP contribution in [0.3, 0.4) is 0 Å². The molecule has 0 aliphatic carbocycles. The van der Waals surface area contributed by atoms with E-state index in [4.69, 9.17) is 10.5 Å². The highest BCUT2D eigenvalue weighted by molar-refractivity contribution is 14.0. The zero-order chi connectivity index (χ0) is 16.2. The van der Waals surface area contributed by atoms with Crippen LogP contribution in [0.5, 0.6) is 5.75 Å². The molecule has 132 valence electrons. The Balaban J connectivity index is 0.00000484. The van der Waals surface area contributed by atoms with Gasteiger partial charge in [-0.1, -0.05) is 45.2 Å². The van der Waals surface area contributed by atoms with Crippen LogP contribution < -0.4 is 15.8 Å². The molecule has 0 spiro atoms. The van der Waals surface area contributed by atoms with E-state index in [2.05, 4.69) is 36.3 Å². The fraction of sp³-hybridized carbons (Fsp3) is 0.611. The van der Waals surface area contributed by atoms with Crippen molar-refractivity contribution in [3.63, 3.8) is 0 Å². The first-order valence-corrected chi connectivity index (χ1v) is 8.36. The summed E-state index contributed by atoms with van der Waals surface area (Å²) >= 11 is 0. The van der Waals surface area contributed by atoms with E-state index >= 15 is 0 Å². The van der Waals surface area contributed by atoms with Crippen LogP contribution in [-0.4, -0.2) is 26.2 Å². The van der Waals surface area contributed by atoms with E-state index in [1.165, 1.54) is 31.2 Å². The Kier molecular flexibility index (Phi) is 12.9. The van der Waals surface area contributed by atoms with Crippen LogP contribution in [0.1, 0.15) is 45.1 Å². The lowest BCUT2D eigenvalue weighted by atomic mass is 10.00. The average Bonchev–Trinajstić information content (AvgIpc) is 2.55. The predicted octanol–water partition coefficient (Wildman–Crippen LogP) is 3.98. The van der Waals surface area contributed by atoms with Crippen LogP contribution in [0, 0.1) is 5.92 Å². The molecule has 1 unspecified atom stereocenters. The average molecular weight is 433 g/mol. The Morgan fingerprint density at radius 2 is 1.96 bits per heavy atom. The van der Waals surface area contributed by atoms with Crippen LogP contribution in [-0.2, 0) is 6.42 Å². The molecule has 0 saturated carbocycles. The van der Waals surface area contributed by atoms with Gasteiger partial charge in [0.1, 0.15) is 5.75 Å². The number of nitrogens with two attached hydrogens (primary N) is 1. The standard InChI is InChI=1S/C18H31N3O.HI/c1-4-6-7-15(5-2)14-21-18(19)20-13-12-16-8-10-17(22-3)11-9-16;/h8-11,15H,4-7,12-14H2,1-3H3,(H3,19,20,21);1H. The summed E-state index contributed by atoms with van der Waals surface area (Å²) in [6, 6.07) is 8.11. The first-order valence-electron chi connectivity index (χ1n) is 8.36. The topological polar surface area (TPSA) is 59.6 Å². The first-order chi connectivity index (χ1) is 10.7. The van der Waals surface area contributed by atoms with Crippen LogP contribution in [0.15, 0.2) is 29.3 Å². The normalized spacial score (nSPS) is 12.4. The monoisotopic (exact) mass is 433 g/mol. The van der Waals surface area contributed by atoms with Crippen molar-refractivity contribution in [2.75, 3.05) is 20.2 Å². The minimum absolute atomic E-state index is 0. The fourth-order valence-corrected chi connectivity index (χ4v) is 2.33.